The lowest BCUT2D eigenvalue weighted by molar-refractivity contribution is 0.431. The smallest absolute Gasteiger partial charge is 0.0708 e. The average molecular weight is 817 g/mol. The molecule has 1 heterocycles. The van der Waals surface area contributed by atoms with E-state index in [1.165, 1.54) is 71.9 Å². The Morgan fingerprint density at radius 3 is 1.80 bits per heavy atom. The van der Waals surface area contributed by atoms with Crippen molar-refractivity contribution in [3.05, 3.63) is 288 Å². The van der Waals surface area contributed by atoms with E-state index in [-0.39, 0.29) is 11.3 Å². The van der Waals surface area contributed by atoms with Crippen LogP contribution in [-0.2, 0) is 10.8 Å². The SMILES string of the molecule is C1=CCC(C23c4ccccc4-c4cccc(c42)C(c2ccccc2)(c2ccc(N(c4ccccc4)c4ccc5c(c4)c4ccccc4n5-c4ccccc4)cc2)c2ccccc23)C=C1. The molecule has 3 atom stereocenters. The highest BCUT2D eigenvalue weighted by atomic mass is 15.1. The lowest BCUT2D eigenvalue weighted by Gasteiger charge is -2.51. The Morgan fingerprint density at radius 2 is 1.02 bits per heavy atom. The highest BCUT2D eigenvalue weighted by Gasteiger charge is 2.59. The molecule has 3 aliphatic rings. The highest BCUT2D eigenvalue weighted by Crippen LogP contribution is 2.66. The Bertz CT molecular complexity index is 3470. The van der Waals surface area contributed by atoms with Gasteiger partial charge in [-0.05, 0) is 123 Å². The fourth-order valence-corrected chi connectivity index (χ4v) is 12.1. The Hall–Kier alpha value is -7.94. The maximum Gasteiger partial charge on any atom is 0.0708 e. The Labute approximate surface area is 374 Å². The number of para-hydroxylation sites is 3. The number of allylic oxidation sites excluding steroid dienone is 4. The van der Waals surface area contributed by atoms with Gasteiger partial charge in [-0.15, -0.1) is 0 Å². The van der Waals surface area contributed by atoms with Crippen LogP contribution in [0.1, 0.15) is 45.4 Å². The van der Waals surface area contributed by atoms with Gasteiger partial charge in [0.1, 0.15) is 0 Å². The number of hydrogen-bond acceptors (Lipinski definition) is 1. The third-order valence-electron chi connectivity index (χ3n) is 14.5. The van der Waals surface area contributed by atoms with E-state index < -0.39 is 5.41 Å². The first-order valence-electron chi connectivity index (χ1n) is 22.5. The summed E-state index contributed by atoms with van der Waals surface area (Å²) in [5, 5.41) is 2.46. The van der Waals surface area contributed by atoms with Gasteiger partial charge in [-0.3, -0.25) is 0 Å². The molecule has 64 heavy (non-hydrogen) atoms. The first-order chi connectivity index (χ1) is 31.8. The summed E-state index contributed by atoms with van der Waals surface area (Å²) in [5.41, 5.74) is 18.1. The van der Waals surface area contributed by atoms with E-state index in [4.69, 9.17) is 0 Å². The minimum absolute atomic E-state index is 0.261. The van der Waals surface area contributed by atoms with Crippen LogP contribution in [0.25, 0.3) is 38.6 Å². The molecule has 3 aliphatic carbocycles. The number of rotatable bonds is 7. The number of fused-ring (bicyclic) bond motifs is 8. The fraction of sp³-hybridized carbons (Fsp3) is 0.0645. The molecule has 3 unspecified atom stereocenters. The van der Waals surface area contributed by atoms with Gasteiger partial charge in [0.25, 0.3) is 0 Å². The molecule has 0 radical (unpaired) electrons. The van der Waals surface area contributed by atoms with E-state index in [0.29, 0.717) is 0 Å². The zero-order valence-corrected chi connectivity index (χ0v) is 35.4. The lowest BCUT2D eigenvalue weighted by Crippen LogP contribution is -2.47. The van der Waals surface area contributed by atoms with Crippen molar-refractivity contribution in [2.45, 2.75) is 17.3 Å². The summed E-state index contributed by atoms with van der Waals surface area (Å²) in [5.74, 6) is 0.261. The van der Waals surface area contributed by atoms with Crippen molar-refractivity contribution in [1.82, 2.24) is 4.57 Å². The minimum atomic E-state index is -0.586. The molecule has 0 N–H and O–H groups in total. The van der Waals surface area contributed by atoms with Crippen molar-refractivity contribution in [3.8, 4) is 16.8 Å². The Morgan fingerprint density at radius 1 is 0.422 bits per heavy atom. The summed E-state index contributed by atoms with van der Waals surface area (Å²) in [6.07, 6.45) is 10.3. The lowest BCUT2D eigenvalue weighted by atomic mass is 9.50. The van der Waals surface area contributed by atoms with E-state index >= 15 is 0 Å². The van der Waals surface area contributed by atoms with Gasteiger partial charge >= 0.3 is 0 Å². The summed E-state index contributed by atoms with van der Waals surface area (Å²) in [4.78, 5) is 2.41. The predicted octanol–water partition coefficient (Wildman–Crippen LogP) is 15.4. The molecule has 0 amide bonds. The molecule has 2 nitrogen and oxygen atoms in total. The van der Waals surface area contributed by atoms with Crippen LogP contribution < -0.4 is 4.90 Å². The summed E-state index contributed by atoms with van der Waals surface area (Å²) in [6, 6.07) is 83.7. The van der Waals surface area contributed by atoms with Crippen LogP contribution in [0.2, 0.25) is 0 Å². The second-order valence-electron chi connectivity index (χ2n) is 17.5. The van der Waals surface area contributed by atoms with E-state index in [9.17, 15) is 0 Å². The topological polar surface area (TPSA) is 8.17 Å². The third kappa shape index (κ3) is 5.02. The van der Waals surface area contributed by atoms with E-state index in [0.717, 1.165) is 29.2 Å². The molecule has 0 saturated carbocycles. The number of benzene rings is 9. The first kappa shape index (κ1) is 36.7. The largest absolute Gasteiger partial charge is 0.310 e. The number of hydrogen-bond donors (Lipinski definition) is 0. The number of aromatic nitrogens is 1. The summed E-state index contributed by atoms with van der Waals surface area (Å²) in [7, 11) is 0. The summed E-state index contributed by atoms with van der Waals surface area (Å²) < 4.78 is 2.38. The van der Waals surface area contributed by atoms with Gasteiger partial charge in [0.2, 0.25) is 0 Å². The molecule has 0 fully saturated rings. The zero-order chi connectivity index (χ0) is 42.2. The maximum atomic E-state index is 2.47. The minimum Gasteiger partial charge on any atom is -0.310 e. The van der Waals surface area contributed by atoms with Gasteiger partial charge in [-0.1, -0.05) is 188 Å². The predicted molar refractivity (Wildman–Crippen MR) is 265 cm³/mol. The monoisotopic (exact) mass is 816 g/mol. The molecule has 0 saturated heterocycles. The Balaban J connectivity index is 1.04. The van der Waals surface area contributed by atoms with Crippen molar-refractivity contribution in [2.24, 2.45) is 5.92 Å². The van der Waals surface area contributed by atoms with E-state index in [1.54, 1.807) is 0 Å². The van der Waals surface area contributed by atoms with Crippen molar-refractivity contribution in [1.29, 1.82) is 0 Å². The quantitative estimate of drug-likeness (QED) is 0.156. The van der Waals surface area contributed by atoms with E-state index in [1.807, 2.05) is 0 Å². The first-order valence-corrected chi connectivity index (χ1v) is 22.5. The Kier molecular flexibility index (Phi) is 8.20. The molecular weight excluding hydrogens is 773 g/mol. The molecule has 0 aliphatic heterocycles. The van der Waals surface area contributed by atoms with Crippen LogP contribution in [0, 0.1) is 5.92 Å². The summed E-state index contributed by atoms with van der Waals surface area (Å²) in [6.45, 7) is 0. The van der Waals surface area contributed by atoms with Gasteiger partial charge in [0, 0.05) is 33.5 Å². The number of anilines is 3. The van der Waals surface area contributed by atoms with Crippen molar-refractivity contribution in [2.75, 3.05) is 4.90 Å². The molecule has 1 aromatic heterocycles. The molecule has 2 heteroatoms. The molecule has 9 aromatic carbocycles. The molecule has 302 valence electrons. The second kappa shape index (κ2) is 14.3. The van der Waals surface area contributed by atoms with Gasteiger partial charge in [-0.25, -0.2) is 0 Å². The average Bonchev–Trinajstić information content (AvgIpc) is 3.87. The van der Waals surface area contributed by atoms with E-state index in [2.05, 4.69) is 258 Å². The zero-order valence-electron chi connectivity index (χ0n) is 35.4. The highest BCUT2D eigenvalue weighted by molar-refractivity contribution is 6.10. The van der Waals surface area contributed by atoms with Crippen LogP contribution in [0.3, 0.4) is 0 Å². The molecular formula is C62H44N2. The van der Waals surface area contributed by atoms with Crippen molar-refractivity contribution in [3.63, 3.8) is 0 Å². The van der Waals surface area contributed by atoms with Gasteiger partial charge in [-0.2, -0.15) is 0 Å². The van der Waals surface area contributed by atoms with Crippen LogP contribution in [0.4, 0.5) is 17.1 Å². The van der Waals surface area contributed by atoms with Crippen molar-refractivity contribution >= 4 is 38.9 Å². The standard InChI is InChI=1S/C62H44N2/c1-5-20-43(21-6-1)61(55-32-16-17-33-56(55)62(44-22-7-2-8-23-44)54-31-15-13-28-50(54)52-30-19-34-57(61)60(52)62)45-36-38-48(39-37-45)63(46-24-9-3-10-25-46)49-40-41-59-53(42-49)51-29-14-18-35-58(51)64(59)47-26-11-4-12-27-47/h1-22,24-42,44H,23H2. The maximum absolute atomic E-state index is 2.47. The molecule has 13 rings (SSSR count). The molecule has 0 spiro atoms. The molecule has 0 bridgehead atoms. The number of nitrogens with zero attached hydrogens (tertiary/aromatic N) is 2. The van der Waals surface area contributed by atoms with Crippen LogP contribution in [0.5, 0.6) is 0 Å². The van der Waals surface area contributed by atoms with Gasteiger partial charge in [0.15, 0.2) is 0 Å². The normalized spacial score (nSPS) is 19.0. The second-order valence-corrected chi connectivity index (χ2v) is 17.5. The van der Waals surface area contributed by atoms with Crippen molar-refractivity contribution < 1.29 is 0 Å². The third-order valence-corrected chi connectivity index (χ3v) is 14.5. The molecule has 10 aromatic rings. The summed E-state index contributed by atoms with van der Waals surface area (Å²) >= 11 is 0. The van der Waals surface area contributed by atoms with Gasteiger partial charge < -0.3 is 9.47 Å². The van der Waals surface area contributed by atoms with Crippen LogP contribution in [0.15, 0.2) is 249 Å². The van der Waals surface area contributed by atoms with Crippen LogP contribution >= 0.6 is 0 Å². The fourth-order valence-electron chi connectivity index (χ4n) is 12.1. The van der Waals surface area contributed by atoms with Crippen LogP contribution in [-0.4, -0.2) is 4.57 Å². The van der Waals surface area contributed by atoms with Gasteiger partial charge in [0.05, 0.1) is 21.9 Å².